The van der Waals surface area contributed by atoms with Crippen LogP contribution in [0.4, 0.5) is 0 Å². The number of allylic oxidation sites excluding steroid dienone is 2. The van der Waals surface area contributed by atoms with Gasteiger partial charge in [-0.1, -0.05) is 161 Å². The average Bonchev–Trinajstić information content (AvgIpc) is 2.98. The zero-order chi connectivity index (χ0) is 33.3. The van der Waals surface area contributed by atoms with Gasteiger partial charge in [-0.15, -0.1) is 0 Å². The minimum Gasteiger partial charge on any atom is -0.544 e. The van der Waals surface area contributed by atoms with E-state index in [0.717, 1.165) is 38.5 Å². The van der Waals surface area contributed by atoms with Crippen LogP contribution in [0.2, 0.25) is 0 Å². The van der Waals surface area contributed by atoms with E-state index in [2.05, 4.69) is 26.0 Å². The molecular weight excluding hydrogens is 558 g/mol. The third-order valence-corrected chi connectivity index (χ3v) is 9.08. The second-order valence-corrected chi connectivity index (χ2v) is 14.5. The smallest absolute Gasteiger partial charge is 0.306 e. The van der Waals surface area contributed by atoms with Crippen molar-refractivity contribution in [1.29, 1.82) is 0 Å². The molecular formula is C40H77NO4. The zero-order valence-corrected chi connectivity index (χ0v) is 30.7. The van der Waals surface area contributed by atoms with Crippen molar-refractivity contribution in [3.8, 4) is 0 Å². The Morgan fingerprint density at radius 1 is 0.578 bits per heavy atom. The van der Waals surface area contributed by atoms with Crippen molar-refractivity contribution < 1.29 is 23.9 Å². The molecule has 0 aromatic carbocycles. The van der Waals surface area contributed by atoms with Crippen molar-refractivity contribution in [1.82, 2.24) is 0 Å². The summed E-state index contributed by atoms with van der Waals surface area (Å²) < 4.78 is 6.19. The number of rotatable bonds is 35. The Hall–Kier alpha value is -1.36. The summed E-state index contributed by atoms with van der Waals surface area (Å²) in [6, 6.07) is 0. The molecule has 0 fully saturated rings. The van der Waals surface area contributed by atoms with E-state index in [1.54, 1.807) is 0 Å². The van der Waals surface area contributed by atoms with Gasteiger partial charge in [0.15, 0.2) is 6.10 Å². The monoisotopic (exact) mass is 636 g/mol. The minimum absolute atomic E-state index is 0.0684. The average molecular weight is 636 g/mol. The lowest BCUT2D eigenvalue weighted by atomic mass is 10.0. The maximum atomic E-state index is 12.7. The van der Waals surface area contributed by atoms with Crippen LogP contribution in [0.3, 0.4) is 0 Å². The highest BCUT2D eigenvalue weighted by Crippen LogP contribution is 2.17. The van der Waals surface area contributed by atoms with Crippen LogP contribution in [0.5, 0.6) is 0 Å². The first kappa shape index (κ1) is 43.6. The molecule has 0 heterocycles. The number of aliphatic carboxylic acids is 1. The van der Waals surface area contributed by atoms with Crippen LogP contribution in [0.25, 0.3) is 0 Å². The van der Waals surface area contributed by atoms with Gasteiger partial charge in [0.2, 0.25) is 0 Å². The van der Waals surface area contributed by atoms with Crippen molar-refractivity contribution in [3.63, 3.8) is 0 Å². The molecule has 5 heteroatoms. The van der Waals surface area contributed by atoms with Crippen LogP contribution in [-0.2, 0) is 14.3 Å². The predicted octanol–water partition coefficient (Wildman–Crippen LogP) is 10.6. The summed E-state index contributed by atoms with van der Waals surface area (Å²) in [7, 11) is 3.76. The number of hydrogen-bond acceptors (Lipinski definition) is 4. The molecule has 266 valence electrons. The Kier molecular flexibility index (Phi) is 31.6. The first-order chi connectivity index (χ1) is 21.8. The van der Waals surface area contributed by atoms with E-state index >= 15 is 0 Å². The summed E-state index contributed by atoms with van der Waals surface area (Å²) in [4.78, 5) is 23.9. The van der Waals surface area contributed by atoms with E-state index in [1.165, 1.54) is 141 Å². The van der Waals surface area contributed by atoms with Gasteiger partial charge < -0.3 is 19.1 Å². The molecule has 0 rings (SSSR count). The van der Waals surface area contributed by atoms with Crippen molar-refractivity contribution >= 4 is 11.9 Å². The number of esters is 1. The lowest BCUT2D eigenvalue weighted by molar-refractivity contribution is -0.887. The molecule has 0 saturated carbocycles. The van der Waals surface area contributed by atoms with Crippen molar-refractivity contribution in [2.75, 3.05) is 27.2 Å². The highest BCUT2D eigenvalue weighted by molar-refractivity contribution is 5.69. The molecule has 0 aromatic heterocycles. The molecule has 0 aliphatic rings. The molecule has 0 N–H and O–H groups in total. The van der Waals surface area contributed by atoms with E-state index in [-0.39, 0.29) is 23.1 Å². The lowest BCUT2D eigenvalue weighted by Gasteiger charge is -2.33. The van der Waals surface area contributed by atoms with Gasteiger partial charge >= 0.3 is 5.97 Å². The topological polar surface area (TPSA) is 66.4 Å². The standard InChI is InChI=1S/C40H77NO4/c1-5-7-9-11-13-15-17-19-21-23-25-27-29-31-33-35-40(44)45-38(36-41(3,4)37-39(42)43)34-32-30-28-26-24-22-20-18-16-14-12-10-8-6-2/h19,21,38H,5-18,20,22-37H2,1-4H3/b21-19-. The molecule has 5 nitrogen and oxygen atoms in total. The number of nitrogens with zero attached hydrogens (tertiary/aromatic N) is 1. The van der Waals surface area contributed by atoms with Crippen LogP contribution in [0, 0.1) is 0 Å². The highest BCUT2D eigenvalue weighted by Gasteiger charge is 2.25. The number of hydrogen-bond donors (Lipinski definition) is 0. The largest absolute Gasteiger partial charge is 0.544 e. The van der Waals surface area contributed by atoms with Crippen LogP contribution in [-0.4, -0.2) is 49.7 Å². The van der Waals surface area contributed by atoms with E-state index in [4.69, 9.17) is 4.74 Å². The molecule has 0 saturated heterocycles. The SMILES string of the molecule is CCCCCCCC/C=C\CCCCCCCC(=O)OC(CCCCCCCCCCCCCCCC)C[N+](C)(C)CC(=O)[O-]. The Bertz CT molecular complexity index is 690. The zero-order valence-electron chi connectivity index (χ0n) is 30.7. The summed E-state index contributed by atoms with van der Waals surface area (Å²) >= 11 is 0. The fourth-order valence-electron chi connectivity index (χ4n) is 6.30. The third kappa shape index (κ3) is 33.8. The number of likely N-dealkylation sites (N-methyl/N-ethyl adjacent to an activating group) is 1. The number of carbonyl (C=O) groups excluding carboxylic acids is 2. The number of carboxylic acid groups (broad SMARTS) is 1. The highest BCUT2D eigenvalue weighted by atomic mass is 16.5. The summed E-state index contributed by atoms with van der Waals surface area (Å²) in [5, 5.41) is 11.2. The van der Waals surface area contributed by atoms with Crippen LogP contribution in [0.1, 0.15) is 200 Å². The van der Waals surface area contributed by atoms with Crippen molar-refractivity contribution in [2.45, 2.75) is 206 Å². The normalized spacial score (nSPS) is 12.6. The molecule has 0 bridgehead atoms. The van der Waals surface area contributed by atoms with E-state index in [0.29, 0.717) is 13.0 Å². The molecule has 0 aliphatic carbocycles. The third-order valence-electron chi connectivity index (χ3n) is 9.08. The van der Waals surface area contributed by atoms with E-state index in [1.807, 2.05) is 14.1 Å². The summed E-state index contributed by atoms with van der Waals surface area (Å²) in [6.07, 6.45) is 40.2. The van der Waals surface area contributed by atoms with Gasteiger partial charge in [-0.05, 0) is 44.9 Å². The van der Waals surface area contributed by atoms with Crippen LogP contribution < -0.4 is 5.11 Å². The molecule has 1 unspecified atom stereocenters. The minimum atomic E-state index is -1.06. The van der Waals surface area contributed by atoms with Crippen molar-refractivity contribution in [3.05, 3.63) is 12.2 Å². The van der Waals surface area contributed by atoms with E-state index in [9.17, 15) is 14.7 Å². The van der Waals surface area contributed by atoms with Gasteiger partial charge in [0, 0.05) is 6.42 Å². The number of carbonyl (C=O) groups is 2. The quantitative estimate of drug-likeness (QED) is 0.0301. The first-order valence-electron chi connectivity index (χ1n) is 19.7. The molecule has 45 heavy (non-hydrogen) atoms. The first-order valence-corrected chi connectivity index (χ1v) is 19.7. The second kappa shape index (κ2) is 32.6. The Morgan fingerprint density at radius 2 is 0.956 bits per heavy atom. The molecule has 0 aromatic rings. The molecule has 0 aliphatic heterocycles. The number of quaternary nitrogens is 1. The van der Waals surface area contributed by atoms with Crippen LogP contribution >= 0.6 is 0 Å². The van der Waals surface area contributed by atoms with Crippen molar-refractivity contribution in [2.24, 2.45) is 0 Å². The van der Waals surface area contributed by atoms with Crippen LogP contribution in [0.15, 0.2) is 12.2 Å². The molecule has 0 spiro atoms. The fraction of sp³-hybridized carbons (Fsp3) is 0.900. The lowest BCUT2D eigenvalue weighted by Crippen LogP contribution is -2.52. The summed E-state index contributed by atoms with van der Waals surface area (Å²) in [5.74, 6) is -1.19. The molecule has 1 atom stereocenters. The summed E-state index contributed by atoms with van der Waals surface area (Å²) in [6.45, 7) is 4.99. The Morgan fingerprint density at radius 3 is 1.38 bits per heavy atom. The van der Waals surface area contributed by atoms with Gasteiger partial charge in [0.25, 0.3) is 0 Å². The number of carboxylic acids is 1. The van der Waals surface area contributed by atoms with Gasteiger partial charge in [0.1, 0.15) is 13.1 Å². The molecule has 0 radical (unpaired) electrons. The van der Waals surface area contributed by atoms with Gasteiger partial charge in [-0.2, -0.15) is 0 Å². The number of ether oxygens (including phenoxy) is 1. The van der Waals surface area contributed by atoms with Gasteiger partial charge in [-0.25, -0.2) is 0 Å². The number of unbranched alkanes of at least 4 members (excludes halogenated alkanes) is 24. The summed E-state index contributed by atoms with van der Waals surface area (Å²) in [5.41, 5.74) is 0. The molecule has 0 amide bonds. The Balaban J connectivity index is 4.06. The van der Waals surface area contributed by atoms with Gasteiger partial charge in [0.05, 0.1) is 20.1 Å². The maximum Gasteiger partial charge on any atom is 0.306 e. The van der Waals surface area contributed by atoms with E-state index < -0.39 is 5.97 Å². The Labute approximate surface area is 280 Å². The second-order valence-electron chi connectivity index (χ2n) is 14.5. The maximum absolute atomic E-state index is 12.7. The predicted molar refractivity (Wildman–Crippen MR) is 191 cm³/mol. The fourth-order valence-corrected chi connectivity index (χ4v) is 6.30. The van der Waals surface area contributed by atoms with Gasteiger partial charge in [-0.3, -0.25) is 4.79 Å².